The van der Waals surface area contributed by atoms with Crippen molar-refractivity contribution in [2.24, 2.45) is 17.3 Å². The van der Waals surface area contributed by atoms with Gasteiger partial charge in [0.2, 0.25) is 0 Å². The van der Waals surface area contributed by atoms with E-state index in [-0.39, 0.29) is 5.92 Å². The van der Waals surface area contributed by atoms with Gasteiger partial charge in [-0.25, -0.2) is 0 Å². The standard InChI is InChI=1S/C19H35NO2/c1-4-5-6-17(18(21)22)15-9-13-20(14-10-15)16-7-11-19(2,3)12-8-16/h15-17H,4-14H2,1-3H3,(H,21,22). The van der Waals surface area contributed by atoms with E-state index in [9.17, 15) is 9.90 Å². The van der Waals surface area contributed by atoms with Crippen molar-refractivity contribution in [3.63, 3.8) is 0 Å². The van der Waals surface area contributed by atoms with Gasteiger partial charge in [0.1, 0.15) is 0 Å². The van der Waals surface area contributed by atoms with Gasteiger partial charge in [0, 0.05) is 6.04 Å². The molecular formula is C19H35NO2. The van der Waals surface area contributed by atoms with Crippen LogP contribution in [0.3, 0.4) is 0 Å². The first-order chi connectivity index (χ1) is 10.4. The molecule has 1 saturated carbocycles. The highest BCUT2D eigenvalue weighted by Gasteiger charge is 2.35. The predicted molar refractivity (Wildman–Crippen MR) is 91.0 cm³/mol. The summed E-state index contributed by atoms with van der Waals surface area (Å²) in [5, 5.41) is 9.51. The van der Waals surface area contributed by atoms with Gasteiger partial charge in [-0.15, -0.1) is 0 Å². The predicted octanol–water partition coefficient (Wildman–Crippen LogP) is 4.56. The highest BCUT2D eigenvalue weighted by atomic mass is 16.4. The average molecular weight is 309 g/mol. The second kappa shape index (κ2) is 7.81. The quantitative estimate of drug-likeness (QED) is 0.782. The SMILES string of the molecule is CCCCC(C(=O)O)C1CCN(C2CCC(C)(C)CC2)CC1. The van der Waals surface area contributed by atoms with E-state index in [1.807, 2.05) is 0 Å². The Balaban J connectivity index is 1.80. The number of hydrogen-bond donors (Lipinski definition) is 1. The number of unbranched alkanes of at least 4 members (excludes halogenated alkanes) is 1. The number of likely N-dealkylation sites (tertiary alicyclic amines) is 1. The van der Waals surface area contributed by atoms with Crippen LogP contribution < -0.4 is 0 Å². The molecule has 2 aliphatic rings. The Kier molecular flexibility index (Phi) is 6.31. The lowest BCUT2D eigenvalue weighted by atomic mass is 9.74. The van der Waals surface area contributed by atoms with Crippen LogP contribution in [0.2, 0.25) is 0 Å². The van der Waals surface area contributed by atoms with E-state index in [0.717, 1.165) is 51.2 Å². The first kappa shape index (κ1) is 17.8. The van der Waals surface area contributed by atoms with Gasteiger partial charge in [0.25, 0.3) is 0 Å². The molecule has 0 amide bonds. The van der Waals surface area contributed by atoms with E-state index < -0.39 is 5.97 Å². The van der Waals surface area contributed by atoms with Crippen LogP contribution in [0, 0.1) is 17.3 Å². The second-order valence-corrected chi connectivity index (χ2v) is 8.36. The Hall–Kier alpha value is -0.570. The summed E-state index contributed by atoms with van der Waals surface area (Å²) in [5.74, 6) is -0.265. The number of aliphatic carboxylic acids is 1. The topological polar surface area (TPSA) is 40.5 Å². The highest BCUT2D eigenvalue weighted by molar-refractivity contribution is 5.70. The van der Waals surface area contributed by atoms with Crippen LogP contribution in [0.5, 0.6) is 0 Å². The number of carboxylic acids is 1. The Labute approximate surface area is 136 Å². The summed E-state index contributed by atoms with van der Waals surface area (Å²) in [4.78, 5) is 14.2. The fourth-order valence-corrected chi connectivity index (χ4v) is 4.42. The molecule has 22 heavy (non-hydrogen) atoms. The minimum absolute atomic E-state index is 0.104. The molecule has 3 heteroatoms. The van der Waals surface area contributed by atoms with Gasteiger partial charge < -0.3 is 10.0 Å². The molecule has 128 valence electrons. The maximum atomic E-state index is 11.5. The largest absolute Gasteiger partial charge is 0.481 e. The van der Waals surface area contributed by atoms with Crippen LogP contribution >= 0.6 is 0 Å². The van der Waals surface area contributed by atoms with Crippen LogP contribution in [-0.2, 0) is 4.79 Å². The molecule has 1 aliphatic heterocycles. The summed E-state index contributed by atoms with van der Waals surface area (Å²) in [6.45, 7) is 9.16. The number of hydrogen-bond acceptors (Lipinski definition) is 2. The molecule has 1 N–H and O–H groups in total. The summed E-state index contributed by atoms with van der Waals surface area (Å²) in [6, 6.07) is 0.757. The fourth-order valence-electron chi connectivity index (χ4n) is 4.42. The molecule has 1 aliphatic carbocycles. The van der Waals surface area contributed by atoms with Crippen molar-refractivity contribution in [1.29, 1.82) is 0 Å². The number of carboxylic acid groups (broad SMARTS) is 1. The number of carbonyl (C=O) groups is 1. The first-order valence-electron chi connectivity index (χ1n) is 9.40. The normalized spacial score (nSPS) is 26.0. The maximum Gasteiger partial charge on any atom is 0.306 e. The summed E-state index contributed by atoms with van der Waals surface area (Å²) in [7, 11) is 0. The molecule has 0 aromatic rings. The van der Waals surface area contributed by atoms with Gasteiger partial charge in [-0.3, -0.25) is 4.79 Å². The van der Waals surface area contributed by atoms with Crippen molar-refractivity contribution in [1.82, 2.24) is 4.90 Å². The van der Waals surface area contributed by atoms with E-state index in [1.54, 1.807) is 0 Å². The fraction of sp³-hybridized carbons (Fsp3) is 0.947. The zero-order valence-corrected chi connectivity index (χ0v) is 14.8. The molecule has 0 aromatic carbocycles. The van der Waals surface area contributed by atoms with Gasteiger partial charge in [0.05, 0.1) is 5.92 Å². The van der Waals surface area contributed by atoms with Crippen LogP contribution in [0.1, 0.15) is 78.6 Å². The molecule has 0 bridgehead atoms. The van der Waals surface area contributed by atoms with Crippen molar-refractivity contribution in [3.8, 4) is 0 Å². The van der Waals surface area contributed by atoms with Crippen LogP contribution in [0.15, 0.2) is 0 Å². The minimum Gasteiger partial charge on any atom is -0.481 e. The van der Waals surface area contributed by atoms with Crippen LogP contribution in [-0.4, -0.2) is 35.1 Å². The molecule has 0 radical (unpaired) electrons. The van der Waals surface area contributed by atoms with Gasteiger partial charge >= 0.3 is 5.97 Å². The molecule has 0 spiro atoms. The third kappa shape index (κ3) is 4.71. The zero-order valence-electron chi connectivity index (χ0n) is 14.8. The summed E-state index contributed by atoms with van der Waals surface area (Å²) in [6.07, 6.45) is 10.5. The van der Waals surface area contributed by atoms with E-state index in [4.69, 9.17) is 0 Å². The summed E-state index contributed by atoms with van der Waals surface area (Å²) in [5.41, 5.74) is 0.531. The van der Waals surface area contributed by atoms with E-state index in [0.29, 0.717) is 11.3 Å². The first-order valence-corrected chi connectivity index (χ1v) is 9.40. The Morgan fingerprint density at radius 1 is 1.18 bits per heavy atom. The van der Waals surface area contributed by atoms with E-state index in [2.05, 4.69) is 25.7 Å². The van der Waals surface area contributed by atoms with Crippen LogP contribution in [0.4, 0.5) is 0 Å². The summed E-state index contributed by atoms with van der Waals surface area (Å²) < 4.78 is 0. The molecule has 1 atom stereocenters. The monoisotopic (exact) mass is 309 g/mol. The van der Waals surface area contributed by atoms with E-state index in [1.165, 1.54) is 25.7 Å². The van der Waals surface area contributed by atoms with Crippen molar-refractivity contribution in [2.75, 3.05) is 13.1 Å². The Morgan fingerprint density at radius 2 is 1.77 bits per heavy atom. The van der Waals surface area contributed by atoms with Crippen LogP contribution in [0.25, 0.3) is 0 Å². The van der Waals surface area contributed by atoms with Crippen molar-refractivity contribution in [2.45, 2.75) is 84.6 Å². The van der Waals surface area contributed by atoms with Gasteiger partial charge in [-0.2, -0.15) is 0 Å². The molecule has 1 unspecified atom stereocenters. The lowest BCUT2D eigenvalue weighted by molar-refractivity contribution is -0.144. The lowest BCUT2D eigenvalue weighted by Crippen LogP contribution is -2.45. The molecule has 2 fully saturated rings. The average Bonchev–Trinajstić information content (AvgIpc) is 2.48. The molecule has 2 rings (SSSR count). The number of piperidine rings is 1. The zero-order chi connectivity index (χ0) is 16.2. The van der Waals surface area contributed by atoms with E-state index >= 15 is 0 Å². The smallest absolute Gasteiger partial charge is 0.306 e. The molecule has 0 aromatic heterocycles. The van der Waals surface area contributed by atoms with Gasteiger partial charge in [-0.1, -0.05) is 33.6 Å². The maximum absolute atomic E-state index is 11.5. The molecule has 1 heterocycles. The lowest BCUT2D eigenvalue weighted by Gasteiger charge is -2.43. The van der Waals surface area contributed by atoms with Crippen molar-refractivity contribution < 1.29 is 9.90 Å². The minimum atomic E-state index is -0.564. The highest BCUT2D eigenvalue weighted by Crippen LogP contribution is 2.38. The summed E-state index contributed by atoms with van der Waals surface area (Å²) >= 11 is 0. The Morgan fingerprint density at radius 3 is 2.27 bits per heavy atom. The van der Waals surface area contributed by atoms with Gasteiger partial charge in [0.15, 0.2) is 0 Å². The third-order valence-corrected chi connectivity index (χ3v) is 6.15. The molecule has 1 saturated heterocycles. The molecular weight excluding hydrogens is 274 g/mol. The number of rotatable bonds is 6. The Bertz CT molecular complexity index is 348. The second-order valence-electron chi connectivity index (χ2n) is 8.36. The number of nitrogens with zero attached hydrogens (tertiary/aromatic N) is 1. The molecule has 3 nitrogen and oxygen atoms in total. The third-order valence-electron chi connectivity index (χ3n) is 6.15. The van der Waals surface area contributed by atoms with Gasteiger partial charge in [-0.05, 0) is 69.4 Å². The van der Waals surface area contributed by atoms with Crippen molar-refractivity contribution >= 4 is 5.97 Å². The van der Waals surface area contributed by atoms with Crippen molar-refractivity contribution in [3.05, 3.63) is 0 Å².